The van der Waals surface area contributed by atoms with Crippen LogP contribution in [-0.2, 0) is 6.42 Å². The van der Waals surface area contributed by atoms with Gasteiger partial charge in [0.25, 0.3) is 0 Å². The zero-order chi connectivity index (χ0) is 26.3. The van der Waals surface area contributed by atoms with Crippen LogP contribution in [0.1, 0.15) is 24.0 Å². The van der Waals surface area contributed by atoms with Gasteiger partial charge in [0.2, 0.25) is 0 Å². The minimum atomic E-state index is -0.299. The van der Waals surface area contributed by atoms with Gasteiger partial charge in [0, 0.05) is 35.1 Å². The second-order valence-electron chi connectivity index (χ2n) is 10.3. The molecule has 39 heavy (non-hydrogen) atoms. The molecule has 1 aromatic carbocycles. The number of fused-ring (bicyclic) bond motifs is 2. The van der Waals surface area contributed by atoms with E-state index < -0.39 is 0 Å². The lowest BCUT2D eigenvalue weighted by atomic mass is 9.91. The van der Waals surface area contributed by atoms with E-state index in [0.29, 0.717) is 34.2 Å². The number of nitrogens with one attached hydrogen (secondary N) is 3. The summed E-state index contributed by atoms with van der Waals surface area (Å²) < 4.78 is 14.2. The van der Waals surface area contributed by atoms with E-state index in [1.807, 2.05) is 37.5 Å². The number of aromatic amines is 2. The summed E-state index contributed by atoms with van der Waals surface area (Å²) >= 11 is 0. The number of H-pyrrole nitrogens is 2. The highest BCUT2D eigenvalue weighted by molar-refractivity contribution is 5.96. The second-order valence-corrected chi connectivity index (χ2v) is 10.3. The first-order valence-corrected chi connectivity index (χ1v) is 13.2. The summed E-state index contributed by atoms with van der Waals surface area (Å²) in [5, 5.41) is 12.0. The normalized spacial score (nSPS) is 14.4. The van der Waals surface area contributed by atoms with Crippen LogP contribution in [0.25, 0.3) is 56.0 Å². The molecule has 0 atom stereocenters. The molecule has 6 aromatic rings. The maximum atomic E-state index is 14.2. The van der Waals surface area contributed by atoms with Crippen LogP contribution in [0.3, 0.4) is 0 Å². The number of halogens is 1. The van der Waals surface area contributed by atoms with Gasteiger partial charge >= 0.3 is 0 Å². The van der Waals surface area contributed by atoms with Crippen molar-refractivity contribution in [2.75, 3.05) is 13.1 Å². The highest BCUT2D eigenvalue weighted by atomic mass is 19.1. The minimum absolute atomic E-state index is 0.299. The molecule has 0 unspecified atom stereocenters. The molecule has 1 aliphatic rings. The van der Waals surface area contributed by atoms with Crippen molar-refractivity contribution in [3.8, 4) is 34.0 Å². The Kier molecular flexibility index (Phi) is 5.85. The van der Waals surface area contributed by atoms with Crippen LogP contribution in [0, 0.1) is 18.7 Å². The van der Waals surface area contributed by atoms with Gasteiger partial charge in [-0.25, -0.2) is 9.37 Å². The molecule has 1 saturated heterocycles. The van der Waals surface area contributed by atoms with Crippen molar-refractivity contribution in [2.24, 2.45) is 5.92 Å². The number of hydrogen-bond acceptors (Lipinski definition) is 6. The zero-order valence-electron chi connectivity index (χ0n) is 21.5. The highest BCUT2D eigenvalue weighted by Gasteiger charge is 2.18. The maximum absolute atomic E-state index is 14.2. The Bertz CT molecular complexity index is 1800. The van der Waals surface area contributed by atoms with Gasteiger partial charge in [0.15, 0.2) is 5.82 Å². The number of aryl methyl sites for hydroxylation is 1. The van der Waals surface area contributed by atoms with E-state index >= 15 is 0 Å². The van der Waals surface area contributed by atoms with E-state index in [1.54, 1.807) is 12.4 Å². The summed E-state index contributed by atoms with van der Waals surface area (Å²) in [6.07, 6.45) is 10.7. The van der Waals surface area contributed by atoms with Gasteiger partial charge in [-0.3, -0.25) is 20.1 Å². The third-order valence-electron chi connectivity index (χ3n) is 7.46. The van der Waals surface area contributed by atoms with Crippen LogP contribution < -0.4 is 5.32 Å². The molecule has 0 spiro atoms. The molecule has 0 bridgehead atoms. The molecular weight excluding hydrogens is 491 g/mol. The van der Waals surface area contributed by atoms with Crippen LogP contribution in [0.4, 0.5) is 4.39 Å². The number of hydrogen-bond donors (Lipinski definition) is 3. The highest BCUT2D eigenvalue weighted by Crippen LogP contribution is 2.32. The van der Waals surface area contributed by atoms with Crippen LogP contribution in [0.15, 0.2) is 61.2 Å². The first-order chi connectivity index (χ1) is 19.1. The lowest BCUT2D eigenvalue weighted by Crippen LogP contribution is -2.28. The summed E-state index contributed by atoms with van der Waals surface area (Å²) in [6.45, 7) is 4.03. The Balaban J connectivity index is 1.26. The van der Waals surface area contributed by atoms with Gasteiger partial charge in [-0.15, -0.1) is 0 Å². The van der Waals surface area contributed by atoms with Gasteiger partial charge in [-0.1, -0.05) is 0 Å². The SMILES string of the molecule is Cc1cc(F)cc(-c2nccc3[nH]c(-c4n[nH]c5cnc(-c6cncc(CC7CCNCC7)c6)cc45)nc23)c1. The van der Waals surface area contributed by atoms with Gasteiger partial charge in [-0.2, -0.15) is 5.10 Å². The molecule has 0 saturated carbocycles. The quantitative estimate of drug-likeness (QED) is 0.274. The summed E-state index contributed by atoms with van der Waals surface area (Å²) in [6, 6.07) is 11.0. The molecule has 7 rings (SSSR count). The second kappa shape index (κ2) is 9.67. The third kappa shape index (κ3) is 4.55. The topological polar surface area (TPSA) is 108 Å². The maximum Gasteiger partial charge on any atom is 0.159 e. The Morgan fingerprint density at radius 2 is 1.82 bits per heavy atom. The molecule has 9 heteroatoms. The molecule has 0 aliphatic carbocycles. The average molecular weight is 519 g/mol. The number of rotatable bonds is 5. The molecule has 0 amide bonds. The molecule has 0 radical (unpaired) electrons. The molecule has 6 heterocycles. The number of imidazole rings is 1. The Hall–Kier alpha value is -4.50. The molecule has 194 valence electrons. The number of nitrogens with zero attached hydrogens (tertiary/aromatic N) is 5. The minimum Gasteiger partial charge on any atom is -0.336 e. The first kappa shape index (κ1) is 23.6. The first-order valence-electron chi connectivity index (χ1n) is 13.2. The van der Waals surface area contributed by atoms with Crippen molar-refractivity contribution in [1.82, 2.24) is 40.4 Å². The fourth-order valence-corrected chi connectivity index (χ4v) is 5.55. The van der Waals surface area contributed by atoms with Crippen LogP contribution in [0.2, 0.25) is 0 Å². The van der Waals surface area contributed by atoms with Crippen LogP contribution in [0.5, 0.6) is 0 Å². The smallest absolute Gasteiger partial charge is 0.159 e. The summed E-state index contributed by atoms with van der Waals surface area (Å²) in [5.41, 5.74) is 8.15. The van der Waals surface area contributed by atoms with E-state index in [9.17, 15) is 4.39 Å². The molecular formula is C30H27FN8. The number of pyridine rings is 3. The van der Waals surface area contributed by atoms with Gasteiger partial charge in [0.1, 0.15) is 17.0 Å². The summed E-state index contributed by atoms with van der Waals surface area (Å²) in [7, 11) is 0. The van der Waals surface area contributed by atoms with E-state index in [2.05, 4.69) is 41.5 Å². The zero-order valence-corrected chi connectivity index (χ0v) is 21.5. The predicted octanol–water partition coefficient (Wildman–Crippen LogP) is 5.61. The van der Waals surface area contributed by atoms with Crippen molar-refractivity contribution < 1.29 is 4.39 Å². The predicted molar refractivity (Wildman–Crippen MR) is 149 cm³/mol. The van der Waals surface area contributed by atoms with Crippen LogP contribution >= 0.6 is 0 Å². The van der Waals surface area contributed by atoms with Crippen molar-refractivity contribution in [2.45, 2.75) is 26.2 Å². The Morgan fingerprint density at radius 3 is 2.69 bits per heavy atom. The Morgan fingerprint density at radius 1 is 0.923 bits per heavy atom. The number of piperidine rings is 1. The lowest BCUT2D eigenvalue weighted by molar-refractivity contribution is 0.372. The summed E-state index contributed by atoms with van der Waals surface area (Å²) in [5.74, 6) is 0.990. The van der Waals surface area contributed by atoms with Gasteiger partial charge in [-0.05, 0) is 92.7 Å². The Labute approximate surface area is 224 Å². The number of aromatic nitrogens is 7. The van der Waals surface area contributed by atoms with E-state index in [4.69, 9.17) is 4.98 Å². The standard InChI is InChI=1S/C30H27FN8/c1-17-8-20(12-22(31)9-17)27-29-24(4-7-34-27)36-30(37-29)28-23-13-25(35-16-26(23)38-39-28)21-11-19(14-33-15-21)10-18-2-5-32-6-3-18/h4,7-9,11-16,18,32H,2-3,5-6,10H2,1H3,(H,36,37)(H,38,39). The monoisotopic (exact) mass is 518 g/mol. The van der Waals surface area contributed by atoms with E-state index in [1.165, 1.54) is 30.5 Å². The average Bonchev–Trinajstić information content (AvgIpc) is 3.57. The van der Waals surface area contributed by atoms with Crippen molar-refractivity contribution in [1.29, 1.82) is 0 Å². The van der Waals surface area contributed by atoms with E-state index in [-0.39, 0.29) is 5.82 Å². The van der Waals surface area contributed by atoms with Crippen molar-refractivity contribution in [3.05, 3.63) is 78.1 Å². The van der Waals surface area contributed by atoms with Crippen LogP contribution in [-0.4, -0.2) is 48.2 Å². The van der Waals surface area contributed by atoms with Gasteiger partial charge < -0.3 is 10.3 Å². The molecule has 1 aliphatic heterocycles. The van der Waals surface area contributed by atoms with Gasteiger partial charge in [0.05, 0.1) is 28.6 Å². The fourth-order valence-electron chi connectivity index (χ4n) is 5.55. The lowest BCUT2D eigenvalue weighted by Gasteiger charge is -2.22. The molecule has 3 N–H and O–H groups in total. The molecule has 5 aromatic heterocycles. The third-order valence-corrected chi connectivity index (χ3v) is 7.46. The molecule has 1 fully saturated rings. The molecule has 8 nitrogen and oxygen atoms in total. The van der Waals surface area contributed by atoms with Crippen molar-refractivity contribution in [3.63, 3.8) is 0 Å². The largest absolute Gasteiger partial charge is 0.336 e. The fraction of sp³-hybridized carbons (Fsp3) is 0.233. The number of benzene rings is 1. The summed E-state index contributed by atoms with van der Waals surface area (Å²) in [4.78, 5) is 22.0. The van der Waals surface area contributed by atoms with E-state index in [0.717, 1.165) is 52.8 Å². The van der Waals surface area contributed by atoms with Crippen molar-refractivity contribution >= 4 is 21.9 Å².